The zero-order valence-electron chi connectivity index (χ0n) is 14.3. The van der Waals surface area contributed by atoms with E-state index in [0.717, 1.165) is 33.7 Å². The number of aromatic amines is 2. The van der Waals surface area contributed by atoms with Gasteiger partial charge in [-0.2, -0.15) is 0 Å². The summed E-state index contributed by atoms with van der Waals surface area (Å²) >= 11 is 0. The second-order valence-corrected chi connectivity index (χ2v) is 6.32. The number of H-pyrrole nitrogens is 2. The minimum atomic E-state index is -0.878. The molecule has 1 unspecified atom stereocenters. The number of para-hydroxylation sites is 4. The Morgan fingerprint density at radius 3 is 1.85 bits per heavy atom. The fourth-order valence-corrected chi connectivity index (χ4v) is 3.03. The number of hydrogen-bond acceptors (Lipinski definition) is 4. The third-order valence-electron chi connectivity index (χ3n) is 4.49. The van der Waals surface area contributed by atoms with E-state index in [0.29, 0.717) is 13.1 Å². The summed E-state index contributed by atoms with van der Waals surface area (Å²) in [4.78, 5) is 29.0. The van der Waals surface area contributed by atoms with E-state index in [9.17, 15) is 9.90 Å². The van der Waals surface area contributed by atoms with Crippen LogP contribution in [0.25, 0.3) is 22.1 Å². The van der Waals surface area contributed by atoms with Crippen LogP contribution in [0.3, 0.4) is 0 Å². The molecule has 7 nitrogen and oxygen atoms in total. The standard InChI is InChI=1S/C19H19N5O2/c1-12(19(25)26)24(10-17-20-13-6-2-3-7-14(13)21-17)11-18-22-15-8-4-5-9-16(15)23-18/h2-9,12H,10-11H2,1H3,(H,20,21)(H,22,23)(H,25,26). The fraction of sp³-hybridized carbons (Fsp3) is 0.211. The second kappa shape index (κ2) is 6.61. The Labute approximate surface area is 149 Å². The van der Waals surface area contributed by atoms with Crippen LogP contribution in [0.15, 0.2) is 48.5 Å². The summed E-state index contributed by atoms with van der Waals surface area (Å²) in [6.07, 6.45) is 0. The van der Waals surface area contributed by atoms with Crippen LogP contribution in [0.1, 0.15) is 18.6 Å². The van der Waals surface area contributed by atoms with E-state index in [1.165, 1.54) is 0 Å². The molecule has 2 aromatic carbocycles. The number of nitrogens with one attached hydrogen (secondary N) is 2. The lowest BCUT2D eigenvalue weighted by Gasteiger charge is -2.24. The smallest absolute Gasteiger partial charge is 0.320 e. The second-order valence-electron chi connectivity index (χ2n) is 6.32. The van der Waals surface area contributed by atoms with E-state index < -0.39 is 12.0 Å². The molecule has 132 valence electrons. The molecule has 0 aliphatic heterocycles. The van der Waals surface area contributed by atoms with Crippen molar-refractivity contribution >= 4 is 28.0 Å². The lowest BCUT2D eigenvalue weighted by Crippen LogP contribution is -2.38. The average molecular weight is 349 g/mol. The highest BCUT2D eigenvalue weighted by atomic mass is 16.4. The Kier molecular flexibility index (Phi) is 4.14. The van der Waals surface area contributed by atoms with Crippen LogP contribution in [0.5, 0.6) is 0 Å². The van der Waals surface area contributed by atoms with Crippen LogP contribution < -0.4 is 0 Å². The molecular weight excluding hydrogens is 330 g/mol. The first kappa shape index (κ1) is 16.3. The Morgan fingerprint density at radius 1 is 0.962 bits per heavy atom. The van der Waals surface area contributed by atoms with Crippen LogP contribution in [0.4, 0.5) is 0 Å². The molecule has 0 fully saturated rings. The van der Waals surface area contributed by atoms with E-state index in [4.69, 9.17) is 0 Å². The number of nitrogens with zero attached hydrogens (tertiary/aromatic N) is 3. The maximum Gasteiger partial charge on any atom is 0.320 e. The minimum Gasteiger partial charge on any atom is -0.480 e. The molecule has 0 spiro atoms. The Hall–Kier alpha value is -3.19. The summed E-state index contributed by atoms with van der Waals surface area (Å²) in [5, 5.41) is 9.49. The predicted molar refractivity (Wildman–Crippen MR) is 98.5 cm³/mol. The zero-order valence-corrected chi connectivity index (χ0v) is 14.3. The molecule has 0 saturated carbocycles. The van der Waals surface area contributed by atoms with Crippen molar-refractivity contribution in [3.63, 3.8) is 0 Å². The highest BCUT2D eigenvalue weighted by molar-refractivity contribution is 5.76. The predicted octanol–water partition coefficient (Wildman–Crippen LogP) is 2.91. The molecule has 0 aliphatic carbocycles. The first-order valence-corrected chi connectivity index (χ1v) is 8.44. The summed E-state index contributed by atoms with van der Waals surface area (Å²) in [5.74, 6) is 0.586. The van der Waals surface area contributed by atoms with Crippen LogP contribution in [-0.2, 0) is 17.9 Å². The van der Waals surface area contributed by atoms with Gasteiger partial charge in [-0.15, -0.1) is 0 Å². The van der Waals surface area contributed by atoms with Gasteiger partial charge in [-0.25, -0.2) is 9.97 Å². The van der Waals surface area contributed by atoms with E-state index in [2.05, 4.69) is 19.9 Å². The summed E-state index contributed by atoms with van der Waals surface area (Å²) < 4.78 is 0. The number of carbonyl (C=O) groups is 1. The highest BCUT2D eigenvalue weighted by Gasteiger charge is 2.23. The van der Waals surface area contributed by atoms with Crippen LogP contribution in [0, 0.1) is 0 Å². The van der Waals surface area contributed by atoms with Gasteiger partial charge in [-0.05, 0) is 31.2 Å². The number of rotatable bonds is 6. The van der Waals surface area contributed by atoms with Gasteiger partial charge in [0.2, 0.25) is 0 Å². The molecule has 3 N–H and O–H groups in total. The van der Waals surface area contributed by atoms with E-state index in [1.807, 2.05) is 53.4 Å². The normalized spacial score (nSPS) is 12.8. The molecule has 0 bridgehead atoms. The number of hydrogen-bond donors (Lipinski definition) is 3. The van der Waals surface area contributed by atoms with Gasteiger partial charge in [0.25, 0.3) is 0 Å². The van der Waals surface area contributed by atoms with Gasteiger partial charge >= 0.3 is 5.97 Å². The van der Waals surface area contributed by atoms with E-state index in [-0.39, 0.29) is 0 Å². The summed E-state index contributed by atoms with van der Waals surface area (Å²) in [6, 6.07) is 14.8. The molecule has 0 aliphatic rings. The summed E-state index contributed by atoms with van der Waals surface area (Å²) in [5.41, 5.74) is 3.62. The van der Waals surface area contributed by atoms with Crippen LogP contribution in [-0.4, -0.2) is 42.0 Å². The van der Waals surface area contributed by atoms with Crippen LogP contribution >= 0.6 is 0 Å². The summed E-state index contributed by atoms with van der Waals surface area (Å²) in [6.45, 7) is 2.45. The fourth-order valence-electron chi connectivity index (χ4n) is 3.03. The highest BCUT2D eigenvalue weighted by Crippen LogP contribution is 2.17. The van der Waals surface area contributed by atoms with Crippen molar-refractivity contribution in [1.29, 1.82) is 0 Å². The molecule has 26 heavy (non-hydrogen) atoms. The van der Waals surface area contributed by atoms with Gasteiger partial charge in [-0.3, -0.25) is 9.69 Å². The van der Waals surface area contributed by atoms with Gasteiger partial charge in [0.1, 0.15) is 17.7 Å². The van der Waals surface area contributed by atoms with Gasteiger partial charge < -0.3 is 15.1 Å². The van der Waals surface area contributed by atoms with Gasteiger partial charge in [-0.1, -0.05) is 24.3 Å². The Bertz CT molecular complexity index is 926. The molecule has 0 saturated heterocycles. The molecule has 0 amide bonds. The monoisotopic (exact) mass is 349 g/mol. The number of aromatic nitrogens is 4. The van der Waals surface area contributed by atoms with Crippen molar-refractivity contribution in [3.8, 4) is 0 Å². The van der Waals surface area contributed by atoms with Crippen molar-refractivity contribution in [1.82, 2.24) is 24.8 Å². The number of aliphatic carboxylic acids is 1. The maximum absolute atomic E-state index is 11.6. The summed E-state index contributed by atoms with van der Waals surface area (Å²) in [7, 11) is 0. The SMILES string of the molecule is CC(C(=O)O)N(Cc1nc2ccccc2[nH]1)Cc1nc2ccccc2[nH]1. The van der Waals surface area contributed by atoms with Gasteiger partial charge in [0.15, 0.2) is 0 Å². The molecule has 4 rings (SSSR count). The Balaban J connectivity index is 1.62. The van der Waals surface area contributed by atoms with Crippen molar-refractivity contribution in [2.75, 3.05) is 0 Å². The maximum atomic E-state index is 11.6. The Morgan fingerprint density at radius 2 is 1.42 bits per heavy atom. The molecular formula is C19H19N5O2. The third-order valence-corrected chi connectivity index (χ3v) is 4.49. The first-order chi connectivity index (χ1) is 12.6. The molecule has 4 aromatic rings. The third kappa shape index (κ3) is 3.16. The minimum absolute atomic E-state index is 0.388. The average Bonchev–Trinajstić information content (AvgIpc) is 3.22. The molecule has 2 heterocycles. The first-order valence-electron chi connectivity index (χ1n) is 8.44. The lowest BCUT2D eigenvalue weighted by atomic mass is 10.2. The quantitative estimate of drug-likeness (QED) is 0.497. The van der Waals surface area contributed by atoms with Gasteiger partial charge in [0.05, 0.1) is 35.2 Å². The van der Waals surface area contributed by atoms with Crippen LogP contribution in [0.2, 0.25) is 0 Å². The van der Waals surface area contributed by atoms with Crippen molar-refractivity contribution < 1.29 is 9.90 Å². The van der Waals surface area contributed by atoms with Crippen molar-refractivity contribution in [2.45, 2.75) is 26.1 Å². The van der Waals surface area contributed by atoms with E-state index >= 15 is 0 Å². The molecule has 7 heteroatoms. The topological polar surface area (TPSA) is 97.9 Å². The molecule has 1 atom stereocenters. The number of imidazole rings is 2. The van der Waals surface area contributed by atoms with E-state index in [1.54, 1.807) is 6.92 Å². The number of benzene rings is 2. The molecule has 0 radical (unpaired) electrons. The van der Waals surface area contributed by atoms with Gasteiger partial charge in [0, 0.05) is 0 Å². The van der Waals surface area contributed by atoms with Crippen molar-refractivity contribution in [3.05, 3.63) is 60.2 Å². The zero-order chi connectivity index (χ0) is 18.1. The number of carboxylic acids is 1. The largest absolute Gasteiger partial charge is 0.480 e. The lowest BCUT2D eigenvalue weighted by molar-refractivity contribution is -0.143. The van der Waals surface area contributed by atoms with Crippen molar-refractivity contribution in [2.24, 2.45) is 0 Å². The number of carboxylic acid groups (broad SMARTS) is 1. The number of fused-ring (bicyclic) bond motifs is 2. The molecule has 2 aromatic heterocycles.